The van der Waals surface area contributed by atoms with Gasteiger partial charge >= 0.3 is 6.18 Å². The van der Waals surface area contributed by atoms with E-state index in [2.05, 4.69) is 5.32 Å². The van der Waals surface area contributed by atoms with Crippen molar-refractivity contribution in [1.82, 2.24) is 5.32 Å². The van der Waals surface area contributed by atoms with Crippen molar-refractivity contribution in [2.45, 2.75) is 50.4 Å². The zero-order valence-corrected chi connectivity index (χ0v) is 10.2. The summed E-state index contributed by atoms with van der Waals surface area (Å²) >= 11 is 0. The van der Waals surface area contributed by atoms with Gasteiger partial charge in [-0.25, -0.2) is 0 Å². The zero-order valence-electron chi connectivity index (χ0n) is 10.2. The summed E-state index contributed by atoms with van der Waals surface area (Å²) in [4.78, 5) is 0. The highest BCUT2D eigenvalue weighted by molar-refractivity contribution is 5.14. The maximum absolute atomic E-state index is 12.6. The lowest BCUT2D eigenvalue weighted by Gasteiger charge is -2.32. The fraction of sp³-hybridized carbons (Fsp3) is 0.571. The van der Waals surface area contributed by atoms with Crippen LogP contribution >= 0.6 is 0 Å². The fourth-order valence-corrected chi connectivity index (χ4v) is 2.49. The van der Waals surface area contributed by atoms with Gasteiger partial charge < -0.3 is 5.32 Å². The zero-order chi connectivity index (χ0) is 13.0. The summed E-state index contributed by atoms with van der Waals surface area (Å²) < 4.78 is 37.8. The molecule has 1 heterocycles. The minimum absolute atomic E-state index is 0.00872. The number of alkyl halides is 3. The molecule has 0 aliphatic carbocycles. The summed E-state index contributed by atoms with van der Waals surface area (Å²) in [5.74, 6) is 0. The average molecular weight is 257 g/mol. The number of rotatable bonds is 3. The molecule has 4 heteroatoms. The summed E-state index contributed by atoms with van der Waals surface area (Å²) in [5, 5.41) is 2.74. The molecule has 2 rings (SSSR count). The lowest BCUT2D eigenvalue weighted by Crippen LogP contribution is -2.50. The second-order valence-electron chi connectivity index (χ2n) is 4.91. The van der Waals surface area contributed by atoms with Crippen molar-refractivity contribution in [3.05, 3.63) is 35.9 Å². The third-order valence-electron chi connectivity index (χ3n) is 3.50. The smallest absolute Gasteiger partial charge is 0.303 e. The first-order valence-corrected chi connectivity index (χ1v) is 6.42. The second kappa shape index (κ2) is 5.74. The van der Waals surface area contributed by atoms with Crippen LogP contribution in [0.2, 0.25) is 0 Å². The van der Waals surface area contributed by atoms with E-state index >= 15 is 0 Å². The third-order valence-corrected chi connectivity index (χ3v) is 3.50. The number of halogens is 3. The Morgan fingerprint density at radius 2 is 1.83 bits per heavy atom. The van der Waals surface area contributed by atoms with Crippen LogP contribution in [0, 0.1) is 0 Å². The standard InChI is InChI=1S/C14H18F3N/c15-14(16,17)13-8-4-7-12(18-13)10-9-11-5-2-1-3-6-11/h1-3,5-6,12-13,18H,4,7-10H2. The molecule has 0 amide bonds. The molecule has 1 aliphatic heterocycles. The molecule has 2 unspecified atom stereocenters. The van der Waals surface area contributed by atoms with Crippen LogP contribution in [-0.4, -0.2) is 18.3 Å². The molecule has 0 bridgehead atoms. The van der Waals surface area contributed by atoms with Crippen LogP contribution in [0.15, 0.2) is 30.3 Å². The van der Waals surface area contributed by atoms with Crippen LogP contribution in [0.4, 0.5) is 13.2 Å². The van der Waals surface area contributed by atoms with Gasteiger partial charge in [0.2, 0.25) is 0 Å². The molecule has 100 valence electrons. The lowest BCUT2D eigenvalue weighted by molar-refractivity contribution is -0.163. The maximum atomic E-state index is 12.6. The van der Waals surface area contributed by atoms with Crippen molar-refractivity contribution in [2.75, 3.05) is 0 Å². The van der Waals surface area contributed by atoms with Gasteiger partial charge in [-0.3, -0.25) is 0 Å². The molecule has 1 fully saturated rings. The van der Waals surface area contributed by atoms with Gasteiger partial charge in [0, 0.05) is 6.04 Å². The number of benzene rings is 1. The third kappa shape index (κ3) is 3.73. The van der Waals surface area contributed by atoms with Gasteiger partial charge in [0.15, 0.2) is 0 Å². The van der Waals surface area contributed by atoms with Gasteiger partial charge in [-0.2, -0.15) is 13.2 Å². The molecule has 0 aromatic heterocycles. The van der Waals surface area contributed by atoms with Crippen molar-refractivity contribution in [1.29, 1.82) is 0 Å². The topological polar surface area (TPSA) is 12.0 Å². The predicted octanol–water partition coefficient (Wildman–Crippen LogP) is 3.69. The summed E-state index contributed by atoms with van der Waals surface area (Å²) in [6.45, 7) is 0. The number of hydrogen-bond donors (Lipinski definition) is 1. The van der Waals surface area contributed by atoms with E-state index in [1.54, 1.807) is 0 Å². The Morgan fingerprint density at radius 3 is 2.50 bits per heavy atom. The molecule has 2 atom stereocenters. The van der Waals surface area contributed by atoms with E-state index in [1.807, 2.05) is 30.3 Å². The highest BCUT2D eigenvalue weighted by atomic mass is 19.4. The minimum atomic E-state index is -4.11. The molecule has 1 aromatic rings. The Labute approximate surface area is 105 Å². The first-order valence-electron chi connectivity index (χ1n) is 6.42. The highest BCUT2D eigenvalue weighted by Crippen LogP contribution is 2.28. The molecule has 1 aliphatic rings. The highest BCUT2D eigenvalue weighted by Gasteiger charge is 2.41. The fourth-order valence-electron chi connectivity index (χ4n) is 2.49. The molecule has 1 aromatic carbocycles. The van der Waals surface area contributed by atoms with E-state index in [0.717, 1.165) is 19.3 Å². The SMILES string of the molecule is FC(F)(F)C1CCCC(CCc2ccccc2)N1. The Balaban J connectivity index is 1.83. The molecule has 18 heavy (non-hydrogen) atoms. The molecule has 1 saturated heterocycles. The molecule has 0 radical (unpaired) electrons. The lowest BCUT2D eigenvalue weighted by atomic mass is 9.94. The number of piperidine rings is 1. The van der Waals surface area contributed by atoms with E-state index in [-0.39, 0.29) is 12.5 Å². The van der Waals surface area contributed by atoms with Crippen molar-refractivity contribution >= 4 is 0 Å². The summed E-state index contributed by atoms with van der Waals surface area (Å²) in [6, 6.07) is 8.58. The monoisotopic (exact) mass is 257 g/mol. The first-order chi connectivity index (χ1) is 8.55. The van der Waals surface area contributed by atoms with Gasteiger partial charge in [-0.05, 0) is 31.2 Å². The van der Waals surface area contributed by atoms with Crippen LogP contribution < -0.4 is 5.32 Å². The quantitative estimate of drug-likeness (QED) is 0.870. The van der Waals surface area contributed by atoms with Gasteiger partial charge in [0.1, 0.15) is 6.04 Å². The average Bonchev–Trinajstić information content (AvgIpc) is 2.37. The van der Waals surface area contributed by atoms with Crippen molar-refractivity contribution in [2.24, 2.45) is 0 Å². The van der Waals surface area contributed by atoms with Gasteiger partial charge in [0.05, 0.1) is 0 Å². The Bertz CT molecular complexity index is 361. The van der Waals surface area contributed by atoms with E-state index in [0.29, 0.717) is 6.42 Å². The molecule has 1 nitrogen and oxygen atoms in total. The Kier molecular flexibility index (Phi) is 4.27. The van der Waals surface area contributed by atoms with Crippen molar-refractivity contribution < 1.29 is 13.2 Å². The molecular formula is C14H18F3N. The van der Waals surface area contributed by atoms with E-state index in [1.165, 1.54) is 5.56 Å². The van der Waals surface area contributed by atoms with E-state index in [4.69, 9.17) is 0 Å². The van der Waals surface area contributed by atoms with E-state index < -0.39 is 12.2 Å². The summed E-state index contributed by atoms with van der Waals surface area (Å²) in [6.07, 6.45) is -0.771. The molecule has 0 spiro atoms. The number of nitrogens with one attached hydrogen (secondary N) is 1. The number of hydrogen-bond acceptors (Lipinski definition) is 1. The van der Waals surface area contributed by atoms with Crippen molar-refractivity contribution in [3.63, 3.8) is 0 Å². The van der Waals surface area contributed by atoms with Gasteiger partial charge in [-0.1, -0.05) is 36.8 Å². The molecular weight excluding hydrogens is 239 g/mol. The Hall–Kier alpha value is -1.03. The van der Waals surface area contributed by atoms with Crippen LogP contribution in [0.1, 0.15) is 31.2 Å². The normalized spacial score (nSPS) is 25.1. The van der Waals surface area contributed by atoms with E-state index in [9.17, 15) is 13.2 Å². The minimum Gasteiger partial charge on any atom is -0.303 e. The van der Waals surface area contributed by atoms with Crippen LogP contribution in [0.5, 0.6) is 0 Å². The summed E-state index contributed by atoms with van der Waals surface area (Å²) in [5.41, 5.74) is 1.19. The molecule has 1 N–H and O–H groups in total. The first kappa shape index (κ1) is 13.4. The van der Waals surface area contributed by atoms with Crippen LogP contribution in [0.3, 0.4) is 0 Å². The van der Waals surface area contributed by atoms with Crippen LogP contribution in [0.25, 0.3) is 0 Å². The maximum Gasteiger partial charge on any atom is 0.403 e. The predicted molar refractivity (Wildman–Crippen MR) is 65.4 cm³/mol. The Morgan fingerprint density at radius 1 is 1.11 bits per heavy atom. The summed E-state index contributed by atoms with van der Waals surface area (Å²) in [7, 11) is 0. The van der Waals surface area contributed by atoms with Crippen LogP contribution in [-0.2, 0) is 6.42 Å². The van der Waals surface area contributed by atoms with Crippen molar-refractivity contribution in [3.8, 4) is 0 Å². The molecule has 0 saturated carbocycles. The largest absolute Gasteiger partial charge is 0.403 e. The van der Waals surface area contributed by atoms with Gasteiger partial charge in [0.25, 0.3) is 0 Å². The second-order valence-corrected chi connectivity index (χ2v) is 4.91. The number of aryl methyl sites for hydroxylation is 1. The van der Waals surface area contributed by atoms with Gasteiger partial charge in [-0.15, -0.1) is 0 Å².